The second kappa shape index (κ2) is 7.74. The molecule has 0 fully saturated rings. The van der Waals surface area contributed by atoms with Gasteiger partial charge in [-0.25, -0.2) is 4.79 Å². The molecule has 2 rings (SSSR count). The third-order valence-electron chi connectivity index (χ3n) is 3.46. The summed E-state index contributed by atoms with van der Waals surface area (Å²) in [6.07, 6.45) is 1.66. The van der Waals surface area contributed by atoms with Crippen molar-refractivity contribution in [2.24, 2.45) is 10.8 Å². The SMILES string of the molecule is CCOC(=O)c1cccc(-n2c(C)cc(/C=N\NC(N)=S)c2C)c1. The molecular formula is C17H20N4O2S. The zero-order valence-electron chi connectivity index (χ0n) is 13.9. The van der Waals surface area contributed by atoms with E-state index in [9.17, 15) is 4.79 Å². The predicted molar refractivity (Wildman–Crippen MR) is 98.7 cm³/mol. The summed E-state index contributed by atoms with van der Waals surface area (Å²) in [7, 11) is 0. The highest BCUT2D eigenvalue weighted by Gasteiger charge is 2.12. The fraction of sp³-hybridized carbons (Fsp3) is 0.235. The van der Waals surface area contributed by atoms with Crippen LogP contribution in [0.3, 0.4) is 0 Å². The van der Waals surface area contributed by atoms with Crippen molar-refractivity contribution in [1.82, 2.24) is 9.99 Å². The molecule has 0 spiro atoms. The van der Waals surface area contributed by atoms with Crippen molar-refractivity contribution in [2.45, 2.75) is 20.8 Å². The van der Waals surface area contributed by atoms with Crippen LogP contribution in [0.5, 0.6) is 0 Å². The van der Waals surface area contributed by atoms with E-state index in [1.807, 2.05) is 42.7 Å². The lowest BCUT2D eigenvalue weighted by Crippen LogP contribution is -2.24. The Labute approximate surface area is 146 Å². The van der Waals surface area contributed by atoms with Crippen LogP contribution in [-0.4, -0.2) is 28.5 Å². The lowest BCUT2D eigenvalue weighted by atomic mass is 10.2. The third-order valence-corrected chi connectivity index (χ3v) is 3.56. The Morgan fingerprint density at radius 1 is 1.42 bits per heavy atom. The molecule has 1 aromatic heterocycles. The zero-order valence-corrected chi connectivity index (χ0v) is 14.7. The highest BCUT2D eigenvalue weighted by atomic mass is 32.1. The molecule has 0 aliphatic rings. The van der Waals surface area contributed by atoms with Crippen molar-refractivity contribution >= 4 is 29.5 Å². The van der Waals surface area contributed by atoms with Gasteiger partial charge in [-0.2, -0.15) is 5.10 Å². The standard InChI is InChI=1S/C17H20N4O2S/c1-4-23-16(22)13-6-5-7-15(9-13)21-11(2)8-14(12(21)3)10-19-20-17(18)24/h5-10H,4H2,1-3H3,(H3,18,20,24)/b19-10-. The van der Waals surface area contributed by atoms with Gasteiger partial charge < -0.3 is 15.0 Å². The Hall–Kier alpha value is -2.67. The largest absolute Gasteiger partial charge is 0.462 e. The van der Waals surface area contributed by atoms with E-state index in [0.717, 1.165) is 22.6 Å². The van der Waals surface area contributed by atoms with Crippen molar-refractivity contribution in [1.29, 1.82) is 0 Å². The molecule has 6 nitrogen and oxygen atoms in total. The van der Waals surface area contributed by atoms with Crippen LogP contribution in [-0.2, 0) is 4.74 Å². The first kappa shape index (κ1) is 17.7. The zero-order chi connectivity index (χ0) is 17.7. The maximum atomic E-state index is 11.9. The first-order chi connectivity index (χ1) is 11.4. The fourth-order valence-electron chi connectivity index (χ4n) is 2.47. The molecule has 1 aromatic carbocycles. The third kappa shape index (κ3) is 3.99. The average Bonchev–Trinajstić information content (AvgIpc) is 2.81. The summed E-state index contributed by atoms with van der Waals surface area (Å²) in [6.45, 7) is 6.10. The Morgan fingerprint density at radius 2 is 2.17 bits per heavy atom. The summed E-state index contributed by atoms with van der Waals surface area (Å²) in [5.41, 5.74) is 12.2. The second-order valence-corrected chi connectivity index (χ2v) is 5.61. The number of aryl methyl sites for hydroxylation is 1. The Morgan fingerprint density at radius 3 is 2.83 bits per heavy atom. The number of hydrazone groups is 1. The van der Waals surface area contributed by atoms with Gasteiger partial charge in [0.05, 0.1) is 18.4 Å². The molecule has 1 heterocycles. The average molecular weight is 344 g/mol. The molecular weight excluding hydrogens is 324 g/mol. The second-order valence-electron chi connectivity index (χ2n) is 5.17. The molecule has 2 aromatic rings. The van der Waals surface area contributed by atoms with Crippen LogP contribution in [0, 0.1) is 13.8 Å². The van der Waals surface area contributed by atoms with Crippen LogP contribution in [0.4, 0.5) is 0 Å². The van der Waals surface area contributed by atoms with Gasteiger partial charge in [-0.15, -0.1) is 0 Å². The molecule has 0 amide bonds. The van der Waals surface area contributed by atoms with E-state index in [-0.39, 0.29) is 11.1 Å². The van der Waals surface area contributed by atoms with Gasteiger partial charge in [-0.1, -0.05) is 6.07 Å². The minimum atomic E-state index is -0.329. The van der Waals surface area contributed by atoms with E-state index in [4.69, 9.17) is 22.7 Å². The lowest BCUT2D eigenvalue weighted by molar-refractivity contribution is 0.0526. The van der Waals surface area contributed by atoms with Gasteiger partial charge in [0, 0.05) is 22.6 Å². The van der Waals surface area contributed by atoms with Crippen LogP contribution in [0.2, 0.25) is 0 Å². The summed E-state index contributed by atoms with van der Waals surface area (Å²) >= 11 is 4.72. The van der Waals surface area contributed by atoms with E-state index in [0.29, 0.717) is 12.2 Å². The van der Waals surface area contributed by atoms with Gasteiger partial charge in [0.2, 0.25) is 0 Å². The fourth-order valence-corrected chi connectivity index (χ4v) is 2.52. The van der Waals surface area contributed by atoms with E-state index in [1.165, 1.54) is 0 Å². The van der Waals surface area contributed by atoms with Crippen molar-refractivity contribution < 1.29 is 9.53 Å². The summed E-state index contributed by atoms with van der Waals surface area (Å²) in [6, 6.07) is 9.33. The van der Waals surface area contributed by atoms with Gasteiger partial charge in [-0.3, -0.25) is 5.43 Å². The van der Waals surface area contributed by atoms with Crippen LogP contribution < -0.4 is 11.2 Å². The van der Waals surface area contributed by atoms with Gasteiger partial charge in [-0.05, 0) is 57.3 Å². The van der Waals surface area contributed by atoms with Crippen LogP contribution in [0.25, 0.3) is 5.69 Å². The first-order valence-corrected chi connectivity index (χ1v) is 7.90. The monoisotopic (exact) mass is 344 g/mol. The lowest BCUT2D eigenvalue weighted by Gasteiger charge is -2.11. The van der Waals surface area contributed by atoms with Crippen LogP contribution >= 0.6 is 12.2 Å². The van der Waals surface area contributed by atoms with Crippen LogP contribution in [0.15, 0.2) is 35.4 Å². The van der Waals surface area contributed by atoms with Crippen LogP contribution in [0.1, 0.15) is 34.2 Å². The number of nitrogens with zero attached hydrogens (tertiary/aromatic N) is 2. The number of thiocarbonyl (C=S) groups is 1. The summed E-state index contributed by atoms with van der Waals surface area (Å²) in [5, 5.41) is 4.10. The molecule has 3 N–H and O–H groups in total. The summed E-state index contributed by atoms with van der Waals surface area (Å²) < 4.78 is 7.10. The molecule has 0 saturated heterocycles. The molecule has 0 unspecified atom stereocenters. The molecule has 126 valence electrons. The van der Waals surface area contributed by atoms with Gasteiger partial charge in [0.1, 0.15) is 0 Å². The number of benzene rings is 1. The minimum Gasteiger partial charge on any atom is -0.462 e. The van der Waals surface area contributed by atoms with E-state index in [1.54, 1.807) is 19.2 Å². The molecule has 0 saturated carbocycles. The number of esters is 1. The van der Waals surface area contributed by atoms with E-state index >= 15 is 0 Å². The quantitative estimate of drug-likeness (QED) is 0.377. The Kier molecular flexibility index (Phi) is 5.70. The molecule has 0 aliphatic heterocycles. The topological polar surface area (TPSA) is 81.6 Å². The molecule has 0 atom stereocenters. The smallest absolute Gasteiger partial charge is 0.338 e. The highest BCUT2D eigenvalue weighted by Crippen LogP contribution is 2.21. The first-order valence-electron chi connectivity index (χ1n) is 7.49. The normalized spacial score (nSPS) is 10.8. The Bertz CT molecular complexity index is 796. The predicted octanol–water partition coefficient (Wildman–Crippen LogP) is 2.44. The number of nitrogens with two attached hydrogens (primary N) is 1. The van der Waals surface area contributed by atoms with Crippen molar-refractivity contribution in [3.8, 4) is 5.69 Å². The minimum absolute atomic E-state index is 0.113. The number of aromatic nitrogens is 1. The summed E-state index contributed by atoms with van der Waals surface area (Å²) in [5.74, 6) is -0.329. The van der Waals surface area contributed by atoms with Crippen molar-refractivity contribution in [2.75, 3.05) is 6.61 Å². The van der Waals surface area contributed by atoms with E-state index in [2.05, 4.69) is 10.5 Å². The Balaban J connectivity index is 2.37. The van der Waals surface area contributed by atoms with Gasteiger partial charge in [0.15, 0.2) is 5.11 Å². The highest BCUT2D eigenvalue weighted by molar-refractivity contribution is 7.80. The number of ether oxygens (including phenoxy) is 1. The number of carbonyl (C=O) groups excluding carboxylic acids is 1. The van der Waals surface area contributed by atoms with Gasteiger partial charge in [0.25, 0.3) is 0 Å². The van der Waals surface area contributed by atoms with Crippen molar-refractivity contribution in [3.05, 3.63) is 52.8 Å². The number of hydrogen-bond acceptors (Lipinski definition) is 4. The number of carbonyl (C=O) groups is 1. The molecule has 24 heavy (non-hydrogen) atoms. The van der Waals surface area contributed by atoms with E-state index < -0.39 is 0 Å². The van der Waals surface area contributed by atoms with Gasteiger partial charge >= 0.3 is 5.97 Å². The number of rotatable bonds is 5. The molecule has 0 aliphatic carbocycles. The number of nitrogens with one attached hydrogen (secondary N) is 1. The number of hydrogen-bond donors (Lipinski definition) is 2. The maximum Gasteiger partial charge on any atom is 0.338 e. The van der Waals surface area contributed by atoms with Crippen molar-refractivity contribution in [3.63, 3.8) is 0 Å². The summed E-state index contributed by atoms with van der Waals surface area (Å²) in [4.78, 5) is 11.9. The molecule has 0 radical (unpaired) electrons. The molecule has 7 heteroatoms. The molecule has 0 bridgehead atoms. The maximum absolute atomic E-state index is 11.9.